The smallest absolute Gasteiger partial charge is 0.343 e. The van der Waals surface area contributed by atoms with Crippen molar-refractivity contribution < 1.29 is 28.2 Å². The standard InChI is InChI=1S/C21H17NO7/c1-26-15-7-5-13-16(29-21(25)19(13)20(15)27-2)10-17(23)22-12-4-6-14-11(9-12)3-8-18(24)28-14/h3-9,16H,10H2,1-2H3,(H,22,23)/t16-/m0/s1. The molecule has 0 unspecified atom stereocenters. The Morgan fingerprint density at radius 1 is 1.07 bits per heavy atom. The Kier molecular flexibility index (Phi) is 4.67. The van der Waals surface area contributed by atoms with Crippen LogP contribution < -0.4 is 20.4 Å². The van der Waals surface area contributed by atoms with Gasteiger partial charge in [0.1, 0.15) is 17.3 Å². The molecule has 1 atom stereocenters. The van der Waals surface area contributed by atoms with Crippen molar-refractivity contribution in [1.82, 2.24) is 0 Å². The average Bonchev–Trinajstić information content (AvgIpc) is 3.02. The number of hydrogen-bond donors (Lipinski definition) is 1. The number of carbonyl (C=O) groups excluding carboxylic acids is 2. The fourth-order valence-corrected chi connectivity index (χ4v) is 3.35. The molecule has 3 aromatic rings. The van der Waals surface area contributed by atoms with Crippen LogP contribution in [0, 0.1) is 0 Å². The van der Waals surface area contributed by atoms with Crippen LogP contribution in [-0.2, 0) is 9.53 Å². The molecule has 4 rings (SSSR count). The topological polar surface area (TPSA) is 104 Å². The number of cyclic esters (lactones) is 1. The normalized spacial score (nSPS) is 15.0. The van der Waals surface area contributed by atoms with Crippen molar-refractivity contribution in [3.8, 4) is 11.5 Å². The zero-order chi connectivity index (χ0) is 20.5. The first kappa shape index (κ1) is 18.5. The minimum absolute atomic E-state index is 0.0594. The third kappa shape index (κ3) is 3.40. The van der Waals surface area contributed by atoms with E-state index in [2.05, 4.69) is 5.32 Å². The number of hydrogen-bond acceptors (Lipinski definition) is 7. The molecule has 8 nitrogen and oxygen atoms in total. The Morgan fingerprint density at radius 2 is 1.90 bits per heavy atom. The lowest BCUT2D eigenvalue weighted by atomic mass is 10.0. The van der Waals surface area contributed by atoms with Gasteiger partial charge in [0, 0.05) is 22.7 Å². The molecule has 0 fully saturated rings. The predicted octanol–water partition coefficient (Wildman–Crippen LogP) is 3.05. The molecule has 1 N–H and O–H groups in total. The molecule has 0 saturated heterocycles. The molecule has 148 valence electrons. The van der Waals surface area contributed by atoms with E-state index in [1.54, 1.807) is 36.4 Å². The van der Waals surface area contributed by atoms with Crippen LogP contribution >= 0.6 is 0 Å². The number of nitrogens with one attached hydrogen (secondary N) is 1. The van der Waals surface area contributed by atoms with Crippen molar-refractivity contribution >= 4 is 28.5 Å². The summed E-state index contributed by atoms with van der Waals surface area (Å²) < 4.78 is 21.0. The van der Waals surface area contributed by atoms with Gasteiger partial charge < -0.3 is 23.9 Å². The van der Waals surface area contributed by atoms with E-state index in [0.717, 1.165) is 0 Å². The number of methoxy groups -OCH3 is 2. The number of anilines is 1. The van der Waals surface area contributed by atoms with Gasteiger partial charge in [-0.25, -0.2) is 9.59 Å². The minimum Gasteiger partial charge on any atom is -0.493 e. The van der Waals surface area contributed by atoms with Gasteiger partial charge in [-0.05, 0) is 30.3 Å². The molecule has 1 aromatic heterocycles. The van der Waals surface area contributed by atoms with Crippen LogP contribution in [0.25, 0.3) is 11.0 Å². The summed E-state index contributed by atoms with van der Waals surface area (Å²) in [5.74, 6) is -0.193. The lowest BCUT2D eigenvalue weighted by Crippen LogP contribution is -2.15. The highest BCUT2D eigenvalue weighted by molar-refractivity contribution is 5.99. The van der Waals surface area contributed by atoms with Crippen molar-refractivity contribution in [3.05, 3.63) is 64.0 Å². The minimum atomic E-state index is -0.726. The molecule has 0 saturated carbocycles. The van der Waals surface area contributed by atoms with E-state index in [1.807, 2.05) is 0 Å². The summed E-state index contributed by atoms with van der Waals surface area (Å²) in [6.45, 7) is 0. The fraction of sp³-hybridized carbons (Fsp3) is 0.190. The van der Waals surface area contributed by atoms with E-state index in [1.165, 1.54) is 20.3 Å². The van der Waals surface area contributed by atoms with Crippen LogP contribution in [0.1, 0.15) is 28.4 Å². The quantitative estimate of drug-likeness (QED) is 0.523. The molecule has 0 radical (unpaired) electrons. The SMILES string of the molecule is COc1ccc2c(c1OC)C(=O)O[C@H]2CC(=O)Nc1ccc2oc(=O)ccc2c1. The first-order chi connectivity index (χ1) is 14.0. The molecule has 0 spiro atoms. The highest BCUT2D eigenvalue weighted by Crippen LogP contribution is 2.43. The van der Waals surface area contributed by atoms with Crippen molar-refractivity contribution in [2.75, 3.05) is 19.5 Å². The fourth-order valence-electron chi connectivity index (χ4n) is 3.35. The number of esters is 1. The molecule has 1 aliphatic rings. The van der Waals surface area contributed by atoms with Crippen LogP contribution in [0.5, 0.6) is 11.5 Å². The van der Waals surface area contributed by atoms with Crippen molar-refractivity contribution in [3.63, 3.8) is 0 Å². The second kappa shape index (κ2) is 7.31. The van der Waals surface area contributed by atoms with Gasteiger partial charge >= 0.3 is 11.6 Å². The summed E-state index contributed by atoms with van der Waals surface area (Å²) in [5, 5.41) is 3.44. The lowest BCUT2D eigenvalue weighted by molar-refractivity contribution is -0.118. The molecular weight excluding hydrogens is 378 g/mol. The molecule has 1 amide bonds. The van der Waals surface area contributed by atoms with Crippen LogP contribution in [0.2, 0.25) is 0 Å². The van der Waals surface area contributed by atoms with Gasteiger partial charge in [-0.15, -0.1) is 0 Å². The van der Waals surface area contributed by atoms with Crippen molar-refractivity contribution in [2.45, 2.75) is 12.5 Å². The Morgan fingerprint density at radius 3 is 2.66 bits per heavy atom. The Balaban J connectivity index is 1.54. The molecule has 8 heteroatoms. The van der Waals surface area contributed by atoms with Gasteiger partial charge in [0.05, 0.1) is 20.6 Å². The molecule has 1 aliphatic heterocycles. The first-order valence-electron chi connectivity index (χ1n) is 8.80. The first-order valence-corrected chi connectivity index (χ1v) is 8.80. The van der Waals surface area contributed by atoms with E-state index < -0.39 is 17.7 Å². The maximum atomic E-state index is 12.5. The summed E-state index contributed by atoms with van der Waals surface area (Å²) in [7, 11) is 2.91. The van der Waals surface area contributed by atoms with E-state index in [4.69, 9.17) is 18.6 Å². The number of ether oxygens (including phenoxy) is 3. The summed E-state index contributed by atoms with van der Waals surface area (Å²) >= 11 is 0. The van der Waals surface area contributed by atoms with Gasteiger partial charge in [-0.2, -0.15) is 0 Å². The van der Waals surface area contributed by atoms with E-state index in [-0.39, 0.29) is 23.6 Å². The third-order valence-electron chi connectivity index (χ3n) is 4.65. The van der Waals surface area contributed by atoms with Crippen molar-refractivity contribution in [1.29, 1.82) is 0 Å². The second-order valence-electron chi connectivity index (χ2n) is 6.42. The zero-order valence-electron chi connectivity index (χ0n) is 15.7. The summed E-state index contributed by atoms with van der Waals surface area (Å²) in [5.41, 5.74) is 1.36. The van der Waals surface area contributed by atoms with Crippen molar-refractivity contribution in [2.24, 2.45) is 0 Å². The summed E-state index contributed by atoms with van der Waals surface area (Å²) in [6, 6.07) is 11.2. The number of fused-ring (bicyclic) bond motifs is 2. The number of benzene rings is 2. The summed E-state index contributed by atoms with van der Waals surface area (Å²) in [6.07, 6.45) is -0.786. The molecule has 0 bridgehead atoms. The van der Waals surface area contributed by atoms with Crippen LogP contribution in [-0.4, -0.2) is 26.1 Å². The zero-order valence-corrected chi connectivity index (χ0v) is 15.7. The molecule has 2 aromatic carbocycles. The van der Waals surface area contributed by atoms with E-state index in [9.17, 15) is 14.4 Å². The Bertz CT molecular complexity index is 1180. The van der Waals surface area contributed by atoms with Gasteiger partial charge in [0.2, 0.25) is 5.91 Å². The maximum absolute atomic E-state index is 12.5. The van der Waals surface area contributed by atoms with Crippen LogP contribution in [0.15, 0.2) is 51.7 Å². The monoisotopic (exact) mass is 395 g/mol. The van der Waals surface area contributed by atoms with E-state index in [0.29, 0.717) is 28.0 Å². The van der Waals surface area contributed by atoms with Gasteiger partial charge in [0.25, 0.3) is 0 Å². The molecular formula is C21H17NO7. The number of carbonyl (C=O) groups is 2. The lowest BCUT2D eigenvalue weighted by Gasteiger charge is -2.13. The van der Waals surface area contributed by atoms with Gasteiger partial charge in [-0.3, -0.25) is 4.79 Å². The second-order valence-corrected chi connectivity index (χ2v) is 6.42. The van der Waals surface area contributed by atoms with E-state index >= 15 is 0 Å². The predicted molar refractivity (Wildman–Crippen MR) is 103 cm³/mol. The highest BCUT2D eigenvalue weighted by atomic mass is 16.6. The van der Waals surface area contributed by atoms with Gasteiger partial charge in [-0.1, -0.05) is 6.07 Å². The van der Waals surface area contributed by atoms with Crippen LogP contribution in [0.3, 0.4) is 0 Å². The molecule has 2 heterocycles. The molecule has 29 heavy (non-hydrogen) atoms. The third-order valence-corrected chi connectivity index (χ3v) is 4.65. The molecule has 0 aliphatic carbocycles. The Labute approximate surface area is 165 Å². The average molecular weight is 395 g/mol. The van der Waals surface area contributed by atoms with Crippen LogP contribution in [0.4, 0.5) is 5.69 Å². The number of amides is 1. The van der Waals surface area contributed by atoms with Gasteiger partial charge in [0.15, 0.2) is 11.5 Å². The maximum Gasteiger partial charge on any atom is 0.343 e. The number of rotatable bonds is 5. The largest absolute Gasteiger partial charge is 0.493 e. The highest BCUT2D eigenvalue weighted by Gasteiger charge is 2.36. The summed E-state index contributed by atoms with van der Waals surface area (Å²) in [4.78, 5) is 36.1. The Hall–Kier alpha value is -3.81.